The molecule has 2 aliphatic heterocycles. The smallest absolute Gasteiger partial charge is 0.309 e. The highest BCUT2D eigenvalue weighted by atomic mass is 32.2. The number of nitrogens with zero attached hydrogens (tertiary/aromatic N) is 4. The summed E-state index contributed by atoms with van der Waals surface area (Å²) in [4.78, 5) is 23.9. The largest absolute Gasteiger partial charge is 0.436 e. The van der Waals surface area contributed by atoms with Gasteiger partial charge in [0.1, 0.15) is 10.8 Å². The zero-order valence-electron chi connectivity index (χ0n) is 17.7. The summed E-state index contributed by atoms with van der Waals surface area (Å²) in [5.41, 5.74) is 2.22. The van der Waals surface area contributed by atoms with Gasteiger partial charge in [0, 0.05) is 55.6 Å². The lowest BCUT2D eigenvalue weighted by molar-refractivity contribution is 0.0654. The minimum atomic E-state index is -3.72. The lowest BCUT2D eigenvalue weighted by atomic mass is 10.2. The number of carbonyl (C=O) groups is 1. The number of amides is 1. The van der Waals surface area contributed by atoms with Gasteiger partial charge in [-0.2, -0.15) is 4.31 Å². The van der Waals surface area contributed by atoms with E-state index >= 15 is 0 Å². The van der Waals surface area contributed by atoms with Crippen LogP contribution >= 0.6 is 0 Å². The van der Waals surface area contributed by atoms with Gasteiger partial charge in [-0.1, -0.05) is 5.92 Å². The number of carbonyl (C=O) groups excluding carboxylic acids is 1. The van der Waals surface area contributed by atoms with E-state index in [9.17, 15) is 13.2 Å². The van der Waals surface area contributed by atoms with Crippen molar-refractivity contribution in [2.24, 2.45) is 0 Å². The molecular weight excluding hydrogens is 430 g/mol. The maximum atomic E-state index is 13.1. The SMILES string of the molecule is C#Cc1ccc2[nH]c(S(=O)(=O)N3CCN(C(=O)c4nc5c(o4)CN(C)CC5)CC3)cc2c1. The van der Waals surface area contributed by atoms with Crippen LogP contribution in [0.15, 0.2) is 33.7 Å². The number of aromatic nitrogens is 2. The highest BCUT2D eigenvalue weighted by molar-refractivity contribution is 7.89. The van der Waals surface area contributed by atoms with Crippen LogP contribution in [0.1, 0.15) is 27.7 Å². The van der Waals surface area contributed by atoms with Crippen molar-refractivity contribution in [3.8, 4) is 12.3 Å². The summed E-state index contributed by atoms with van der Waals surface area (Å²) in [5, 5.41) is 0.859. The van der Waals surface area contributed by atoms with E-state index in [0.29, 0.717) is 17.6 Å². The molecule has 166 valence electrons. The average Bonchev–Trinajstić information content (AvgIpc) is 3.42. The summed E-state index contributed by atoms with van der Waals surface area (Å²) in [6.07, 6.45) is 6.18. The number of fused-ring (bicyclic) bond motifs is 2. The van der Waals surface area contributed by atoms with E-state index in [2.05, 4.69) is 20.8 Å². The number of hydrogen-bond acceptors (Lipinski definition) is 6. The van der Waals surface area contributed by atoms with Gasteiger partial charge in [0.15, 0.2) is 0 Å². The van der Waals surface area contributed by atoms with Crippen LogP contribution < -0.4 is 0 Å². The number of aromatic amines is 1. The normalized spacial score (nSPS) is 17.9. The first kappa shape index (κ1) is 20.8. The van der Waals surface area contributed by atoms with Gasteiger partial charge in [0.2, 0.25) is 0 Å². The topological polar surface area (TPSA) is 103 Å². The summed E-state index contributed by atoms with van der Waals surface area (Å²) in [6, 6.07) is 6.90. The molecule has 0 aliphatic carbocycles. The summed E-state index contributed by atoms with van der Waals surface area (Å²) < 4.78 is 33.4. The number of oxazole rings is 1. The second-order valence-electron chi connectivity index (χ2n) is 8.15. The number of benzene rings is 1. The van der Waals surface area contributed by atoms with Crippen LogP contribution in [0.2, 0.25) is 0 Å². The fraction of sp³-hybridized carbons (Fsp3) is 0.364. The van der Waals surface area contributed by atoms with Crippen molar-refractivity contribution in [1.82, 2.24) is 24.1 Å². The quantitative estimate of drug-likeness (QED) is 0.599. The predicted molar refractivity (Wildman–Crippen MR) is 117 cm³/mol. The summed E-state index contributed by atoms with van der Waals surface area (Å²) in [5.74, 6) is 3.07. The van der Waals surface area contributed by atoms with E-state index < -0.39 is 10.0 Å². The van der Waals surface area contributed by atoms with Crippen molar-refractivity contribution in [3.05, 3.63) is 47.2 Å². The molecule has 0 spiro atoms. The molecule has 2 aliphatic rings. The van der Waals surface area contributed by atoms with Crippen molar-refractivity contribution >= 4 is 26.8 Å². The highest BCUT2D eigenvalue weighted by Gasteiger charge is 2.33. The lowest BCUT2D eigenvalue weighted by Gasteiger charge is -2.33. The number of likely N-dealkylation sites (N-methyl/N-ethyl adjacent to an activating group) is 1. The fourth-order valence-electron chi connectivity index (χ4n) is 4.16. The van der Waals surface area contributed by atoms with Crippen molar-refractivity contribution in [1.29, 1.82) is 0 Å². The molecule has 32 heavy (non-hydrogen) atoms. The molecular formula is C22H23N5O4S. The predicted octanol–water partition coefficient (Wildman–Crippen LogP) is 1.27. The van der Waals surface area contributed by atoms with Crippen LogP contribution in [0, 0.1) is 12.3 Å². The van der Waals surface area contributed by atoms with Gasteiger partial charge in [-0.15, -0.1) is 6.42 Å². The van der Waals surface area contributed by atoms with Crippen LogP contribution in [0.5, 0.6) is 0 Å². The maximum Gasteiger partial charge on any atom is 0.309 e. The van der Waals surface area contributed by atoms with Gasteiger partial charge in [0.05, 0.1) is 12.2 Å². The standard InChI is InChI=1S/C22H23N5O4S/c1-3-15-4-5-17-16(12-15)13-20(23-17)32(29,30)27-10-8-26(9-11-27)22(28)21-24-18-6-7-25(2)14-19(18)31-21/h1,4-5,12-13,23H,6-11,14H2,2H3. The van der Waals surface area contributed by atoms with E-state index in [-0.39, 0.29) is 43.0 Å². The Balaban J connectivity index is 1.29. The van der Waals surface area contributed by atoms with Crippen molar-refractivity contribution in [2.45, 2.75) is 18.0 Å². The molecule has 1 saturated heterocycles. The van der Waals surface area contributed by atoms with E-state index in [0.717, 1.165) is 29.8 Å². The monoisotopic (exact) mass is 453 g/mol. The molecule has 10 heteroatoms. The lowest BCUT2D eigenvalue weighted by Crippen LogP contribution is -2.50. The number of H-pyrrole nitrogens is 1. The second kappa shape index (κ2) is 7.78. The number of hydrogen-bond donors (Lipinski definition) is 1. The molecule has 1 fully saturated rings. The van der Waals surface area contributed by atoms with Gasteiger partial charge in [-0.3, -0.25) is 9.69 Å². The third kappa shape index (κ3) is 3.58. The van der Waals surface area contributed by atoms with Crippen LogP contribution in [0.4, 0.5) is 0 Å². The van der Waals surface area contributed by atoms with Crippen LogP contribution in [0.3, 0.4) is 0 Å². The van der Waals surface area contributed by atoms with E-state index in [1.54, 1.807) is 29.2 Å². The Morgan fingerprint density at radius 2 is 1.97 bits per heavy atom. The fourth-order valence-corrected chi connectivity index (χ4v) is 5.59. The summed E-state index contributed by atoms with van der Waals surface area (Å²) >= 11 is 0. The highest BCUT2D eigenvalue weighted by Crippen LogP contribution is 2.24. The van der Waals surface area contributed by atoms with Gasteiger partial charge >= 0.3 is 5.91 Å². The number of rotatable bonds is 3. The Labute approximate surface area is 186 Å². The first-order chi connectivity index (χ1) is 15.3. The third-order valence-corrected chi connectivity index (χ3v) is 7.83. The van der Waals surface area contributed by atoms with Gasteiger partial charge in [-0.25, -0.2) is 13.4 Å². The molecule has 4 heterocycles. The number of terminal acetylenes is 1. The number of sulfonamides is 1. The Morgan fingerprint density at radius 3 is 2.72 bits per heavy atom. The zero-order valence-corrected chi connectivity index (χ0v) is 18.5. The van der Waals surface area contributed by atoms with Crippen LogP contribution in [-0.4, -0.2) is 78.2 Å². The minimum absolute atomic E-state index is 0.0848. The zero-order chi connectivity index (χ0) is 22.5. The van der Waals surface area contributed by atoms with Crippen molar-refractivity contribution in [2.75, 3.05) is 39.8 Å². The molecule has 0 atom stereocenters. The molecule has 9 nitrogen and oxygen atoms in total. The van der Waals surface area contributed by atoms with Gasteiger partial charge in [-0.05, 0) is 31.3 Å². The molecule has 2 aromatic heterocycles. The minimum Gasteiger partial charge on any atom is -0.436 e. The molecule has 0 unspecified atom stereocenters. The molecule has 0 bridgehead atoms. The third-order valence-electron chi connectivity index (χ3n) is 6.01. The Bertz CT molecular complexity index is 1340. The maximum absolute atomic E-state index is 13.1. The molecule has 1 aromatic carbocycles. The number of piperazine rings is 1. The Morgan fingerprint density at radius 1 is 1.19 bits per heavy atom. The first-order valence-corrected chi connectivity index (χ1v) is 11.8. The van der Waals surface area contributed by atoms with E-state index in [1.165, 1.54) is 4.31 Å². The Hall–Kier alpha value is -3.13. The molecule has 3 aromatic rings. The molecule has 1 N–H and O–H groups in total. The van der Waals surface area contributed by atoms with Crippen LogP contribution in [0.25, 0.3) is 10.9 Å². The average molecular weight is 454 g/mol. The molecule has 5 rings (SSSR count). The second-order valence-corrected chi connectivity index (χ2v) is 10.1. The van der Waals surface area contributed by atoms with E-state index in [1.807, 2.05) is 7.05 Å². The van der Waals surface area contributed by atoms with Crippen molar-refractivity contribution < 1.29 is 17.6 Å². The summed E-state index contributed by atoms with van der Waals surface area (Å²) in [6.45, 7) is 2.44. The van der Waals surface area contributed by atoms with Crippen LogP contribution in [-0.2, 0) is 23.0 Å². The van der Waals surface area contributed by atoms with E-state index in [4.69, 9.17) is 10.8 Å². The van der Waals surface area contributed by atoms with Gasteiger partial charge in [0.25, 0.3) is 15.9 Å². The molecule has 1 amide bonds. The Kier molecular flexibility index (Phi) is 5.04. The number of nitrogens with one attached hydrogen (secondary N) is 1. The first-order valence-electron chi connectivity index (χ1n) is 10.4. The molecule has 0 radical (unpaired) electrons. The summed E-state index contributed by atoms with van der Waals surface area (Å²) in [7, 11) is -1.73. The van der Waals surface area contributed by atoms with Gasteiger partial charge < -0.3 is 14.3 Å². The van der Waals surface area contributed by atoms with Crippen molar-refractivity contribution in [3.63, 3.8) is 0 Å². The molecule has 0 saturated carbocycles.